The fraction of sp³-hybridized carbons (Fsp3) is 0.158. The molecular weight excluding hydrogens is 370 g/mol. The molecule has 0 saturated heterocycles. The molecule has 0 amide bonds. The average molecular weight is 386 g/mol. The predicted octanol–water partition coefficient (Wildman–Crippen LogP) is 2.74. The quantitative estimate of drug-likeness (QED) is 0.452. The number of rotatable bonds is 7. The Hall–Kier alpha value is -3.13. The fourth-order valence-corrected chi connectivity index (χ4v) is 3.23. The Morgan fingerprint density at radius 1 is 1.07 bits per heavy atom. The van der Waals surface area contributed by atoms with Crippen molar-refractivity contribution in [2.24, 2.45) is 0 Å². The van der Waals surface area contributed by atoms with Crippen LogP contribution in [0.3, 0.4) is 0 Å². The van der Waals surface area contributed by atoms with Gasteiger partial charge >= 0.3 is 0 Å². The molecule has 0 bridgehead atoms. The highest BCUT2D eigenvalue weighted by atomic mass is 32.2. The summed E-state index contributed by atoms with van der Waals surface area (Å²) in [4.78, 5) is 15.8. The van der Waals surface area contributed by atoms with E-state index in [1.807, 2.05) is 12.1 Å². The Bertz CT molecular complexity index is 978. The number of hydrogen-bond acceptors (Lipinski definition) is 8. The first-order valence-corrected chi connectivity index (χ1v) is 8.64. The summed E-state index contributed by atoms with van der Waals surface area (Å²) in [5.74, 6) is -0.195. The van der Waals surface area contributed by atoms with Gasteiger partial charge in [-0.2, -0.15) is 0 Å². The van der Waals surface area contributed by atoms with Crippen LogP contribution < -0.4 is 19.3 Å². The van der Waals surface area contributed by atoms with Crippen LogP contribution >= 0.6 is 11.8 Å². The first-order chi connectivity index (χ1) is 13.1. The van der Waals surface area contributed by atoms with Crippen molar-refractivity contribution in [1.29, 1.82) is 0 Å². The average Bonchev–Trinajstić information content (AvgIpc) is 3.09. The van der Waals surface area contributed by atoms with E-state index >= 15 is 0 Å². The van der Waals surface area contributed by atoms with Crippen molar-refractivity contribution in [3.63, 3.8) is 0 Å². The number of thioether (sulfide) groups is 1. The zero-order valence-electron chi connectivity index (χ0n) is 14.8. The largest absolute Gasteiger partial charge is 0.544 e. The molecule has 1 aromatic heterocycles. The molecular formula is C19H16NO6S-. The van der Waals surface area contributed by atoms with Crippen LogP contribution in [-0.2, 0) is 4.79 Å². The van der Waals surface area contributed by atoms with E-state index in [1.165, 1.54) is 27.4 Å². The summed E-state index contributed by atoms with van der Waals surface area (Å²) in [6, 6.07) is 10.5. The van der Waals surface area contributed by atoms with Crippen molar-refractivity contribution in [2.75, 3.05) is 21.3 Å². The molecule has 0 atom stereocenters. The van der Waals surface area contributed by atoms with E-state index in [9.17, 15) is 9.90 Å². The van der Waals surface area contributed by atoms with E-state index in [2.05, 4.69) is 4.98 Å². The third-order valence-electron chi connectivity index (χ3n) is 3.69. The molecule has 0 aliphatic rings. The molecule has 2 aromatic carbocycles. The zero-order chi connectivity index (χ0) is 19.4. The Balaban J connectivity index is 2.02. The molecule has 0 aliphatic heterocycles. The van der Waals surface area contributed by atoms with Crippen molar-refractivity contribution in [2.45, 2.75) is 5.22 Å². The zero-order valence-corrected chi connectivity index (χ0v) is 15.7. The van der Waals surface area contributed by atoms with Gasteiger partial charge in [-0.25, -0.2) is 4.98 Å². The normalized spacial score (nSPS) is 11.4. The van der Waals surface area contributed by atoms with Crippen LogP contribution in [0.25, 0.3) is 17.2 Å². The van der Waals surface area contributed by atoms with Crippen LogP contribution in [0.15, 0.2) is 50.9 Å². The first-order valence-electron chi connectivity index (χ1n) is 7.82. The van der Waals surface area contributed by atoms with E-state index in [1.54, 1.807) is 24.3 Å². The monoisotopic (exact) mass is 386 g/mol. The molecule has 0 aliphatic carbocycles. The van der Waals surface area contributed by atoms with Gasteiger partial charge in [-0.05, 0) is 42.1 Å². The molecule has 1 heterocycles. The number of fused-ring (bicyclic) bond motifs is 1. The van der Waals surface area contributed by atoms with Crippen molar-refractivity contribution in [1.82, 2.24) is 4.98 Å². The van der Waals surface area contributed by atoms with Crippen LogP contribution in [-0.4, -0.2) is 32.3 Å². The van der Waals surface area contributed by atoms with Gasteiger partial charge in [0.25, 0.3) is 5.22 Å². The summed E-state index contributed by atoms with van der Waals surface area (Å²) in [5, 5.41) is 11.8. The molecule has 3 aromatic rings. The Kier molecular flexibility index (Phi) is 5.56. The van der Waals surface area contributed by atoms with Crippen LogP contribution in [0.2, 0.25) is 0 Å². The minimum absolute atomic E-state index is 0.0907. The molecule has 7 nitrogen and oxygen atoms in total. The fourth-order valence-electron chi connectivity index (χ4n) is 2.50. The SMILES string of the molecule is COc1ccc(/C=C(\Sc2nc3ccccc3o2)C(=O)[O-])c(OC)c1OC. The molecule has 0 radical (unpaired) electrons. The minimum atomic E-state index is -1.36. The number of ether oxygens (including phenoxy) is 3. The molecule has 0 N–H and O–H groups in total. The number of carbonyl (C=O) groups is 1. The van der Waals surface area contributed by atoms with E-state index in [-0.39, 0.29) is 10.1 Å². The maximum Gasteiger partial charge on any atom is 0.261 e. The second-order valence-corrected chi connectivity index (χ2v) is 6.26. The molecule has 0 spiro atoms. The first kappa shape index (κ1) is 18.7. The molecule has 140 valence electrons. The maximum atomic E-state index is 11.6. The van der Waals surface area contributed by atoms with Gasteiger partial charge in [0.05, 0.1) is 27.3 Å². The smallest absolute Gasteiger partial charge is 0.261 e. The third-order valence-corrected chi connectivity index (χ3v) is 4.55. The summed E-state index contributed by atoms with van der Waals surface area (Å²) >= 11 is 0.854. The van der Waals surface area contributed by atoms with Gasteiger partial charge in [0.1, 0.15) is 5.52 Å². The van der Waals surface area contributed by atoms with Gasteiger partial charge < -0.3 is 28.5 Å². The number of benzene rings is 2. The van der Waals surface area contributed by atoms with Crippen LogP contribution in [0.5, 0.6) is 17.2 Å². The van der Waals surface area contributed by atoms with Crippen molar-refractivity contribution in [3.05, 3.63) is 46.9 Å². The van der Waals surface area contributed by atoms with E-state index in [0.29, 0.717) is 33.9 Å². The lowest BCUT2D eigenvalue weighted by molar-refractivity contribution is -0.298. The lowest BCUT2D eigenvalue weighted by Crippen LogP contribution is -2.23. The predicted molar refractivity (Wildman–Crippen MR) is 98.9 cm³/mol. The molecule has 0 unspecified atom stereocenters. The lowest BCUT2D eigenvalue weighted by Gasteiger charge is -2.15. The third kappa shape index (κ3) is 3.85. The molecule has 8 heteroatoms. The minimum Gasteiger partial charge on any atom is -0.544 e. The van der Waals surface area contributed by atoms with Crippen molar-refractivity contribution >= 4 is 34.9 Å². The van der Waals surface area contributed by atoms with E-state index in [4.69, 9.17) is 18.6 Å². The van der Waals surface area contributed by atoms with Crippen LogP contribution in [0, 0.1) is 0 Å². The van der Waals surface area contributed by atoms with Gasteiger partial charge in [-0.3, -0.25) is 0 Å². The second kappa shape index (κ2) is 8.05. The summed E-state index contributed by atoms with van der Waals surface area (Å²) in [6.45, 7) is 0. The molecule has 0 saturated carbocycles. The number of carboxylic acids is 1. The summed E-state index contributed by atoms with van der Waals surface area (Å²) in [6.07, 6.45) is 1.41. The van der Waals surface area contributed by atoms with Crippen LogP contribution in [0.1, 0.15) is 5.56 Å². The number of nitrogens with zero attached hydrogens (tertiary/aromatic N) is 1. The Labute approximate surface area is 159 Å². The Morgan fingerprint density at radius 2 is 1.81 bits per heavy atom. The number of carbonyl (C=O) groups excluding carboxylic acids is 1. The second-order valence-electron chi connectivity index (χ2n) is 5.27. The highest BCUT2D eigenvalue weighted by Gasteiger charge is 2.16. The summed E-state index contributed by atoms with van der Waals surface area (Å²) in [5.41, 5.74) is 1.70. The van der Waals surface area contributed by atoms with Gasteiger partial charge in [0.2, 0.25) is 5.75 Å². The van der Waals surface area contributed by atoms with Gasteiger partial charge in [-0.15, -0.1) is 0 Å². The standard InChI is InChI=1S/C19H17NO6S/c1-23-14-9-8-11(16(24-2)17(14)25-3)10-15(18(21)22)27-19-20-12-6-4-5-7-13(12)26-19/h4-10H,1-3H3,(H,21,22)/p-1/b15-10-. The van der Waals surface area contributed by atoms with E-state index < -0.39 is 5.97 Å². The number of carboxylic acid groups (broad SMARTS) is 1. The van der Waals surface area contributed by atoms with Gasteiger partial charge in [-0.1, -0.05) is 12.1 Å². The summed E-state index contributed by atoms with van der Waals surface area (Å²) < 4.78 is 21.5. The number of methoxy groups -OCH3 is 3. The topological polar surface area (TPSA) is 93.9 Å². The highest BCUT2D eigenvalue weighted by Crippen LogP contribution is 2.41. The number of hydrogen-bond donors (Lipinski definition) is 0. The Morgan fingerprint density at radius 3 is 2.44 bits per heavy atom. The number of oxazole rings is 1. The van der Waals surface area contributed by atoms with Crippen molar-refractivity contribution < 1.29 is 28.5 Å². The van der Waals surface area contributed by atoms with Crippen molar-refractivity contribution in [3.8, 4) is 17.2 Å². The number of aliphatic carboxylic acids is 1. The molecule has 3 rings (SSSR count). The number of aromatic nitrogens is 1. The molecule has 0 fully saturated rings. The highest BCUT2D eigenvalue weighted by molar-refractivity contribution is 8.03. The number of para-hydroxylation sites is 2. The summed E-state index contributed by atoms with van der Waals surface area (Å²) in [7, 11) is 4.43. The lowest BCUT2D eigenvalue weighted by atomic mass is 10.1. The molecule has 27 heavy (non-hydrogen) atoms. The van der Waals surface area contributed by atoms with E-state index in [0.717, 1.165) is 11.8 Å². The maximum absolute atomic E-state index is 11.6. The van der Waals surface area contributed by atoms with Gasteiger partial charge in [0.15, 0.2) is 17.1 Å². The van der Waals surface area contributed by atoms with Crippen LogP contribution in [0.4, 0.5) is 0 Å². The van der Waals surface area contributed by atoms with Gasteiger partial charge in [0, 0.05) is 10.5 Å².